The summed E-state index contributed by atoms with van der Waals surface area (Å²) in [6, 6.07) is 10.2. The zero-order valence-corrected chi connectivity index (χ0v) is 15.5. The van der Waals surface area contributed by atoms with Crippen LogP contribution in [0, 0.1) is 0 Å². The van der Waals surface area contributed by atoms with E-state index in [1.54, 1.807) is 48.6 Å². The predicted molar refractivity (Wildman–Crippen MR) is 103 cm³/mol. The molecule has 0 fully saturated rings. The van der Waals surface area contributed by atoms with Crippen molar-refractivity contribution in [2.75, 3.05) is 0 Å². The van der Waals surface area contributed by atoms with Crippen molar-refractivity contribution in [2.45, 2.75) is 0 Å². The van der Waals surface area contributed by atoms with Gasteiger partial charge in [-0.05, 0) is 41.5 Å². The molecule has 0 aliphatic carbocycles. The second-order valence-electron chi connectivity index (χ2n) is 5.01. The van der Waals surface area contributed by atoms with E-state index < -0.39 is 5.97 Å². The number of aliphatic imine (C=N–C) groups is 1. The second kappa shape index (κ2) is 7.63. The lowest BCUT2D eigenvalue weighted by Crippen LogP contribution is -2.01. The standard InChI is InChI=1S/C18H9Cl4NO2/c19-12-6-4-11(14(21)9-12)8-15-18(24)25-16(23-15)7-5-10-2-1-3-13(20)17(10)22/h1-9H. The Bertz CT molecular complexity index is 948. The monoisotopic (exact) mass is 411 g/mol. The number of nitrogens with zero attached hydrogens (tertiary/aromatic N) is 1. The van der Waals surface area contributed by atoms with Crippen LogP contribution in [0.1, 0.15) is 11.1 Å². The molecule has 2 aromatic rings. The average Bonchev–Trinajstić information content (AvgIpc) is 2.91. The highest BCUT2D eigenvalue weighted by Crippen LogP contribution is 2.27. The summed E-state index contributed by atoms with van der Waals surface area (Å²) in [7, 11) is 0. The summed E-state index contributed by atoms with van der Waals surface area (Å²) in [5.41, 5.74) is 1.44. The maximum Gasteiger partial charge on any atom is 0.363 e. The Kier molecular flexibility index (Phi) is 5.50. The van der Waals surface area contributed by atoms with Crippen molar-refractivity contribution in [2.24, 2.45) is 4.99 Å². The van der Waals surface area contributed by atoms with Crippen molar-refractivity contribution in [3.05, 3.63) is 79.4 Å². The largest absolute Gasteiger partial charge is 0.403 e. The molecule has 0 radical (unpaired) electrons. The van der Waals surface area contributed by atoms with Crippen LogP contribution in [-0.4, -0.2) is 11.9 Å². The van der Waals surface area contributed by atoms with Gasteiger partial charge in [-0.3, -0.25) is 0 Å². The minimum atomic E-state index is -0.567. The van der Waals surface area contributed by atoms with Gasteiger partial charge in [0.05, 0.1) is 10.0 Å². The van der Waals surface area contributed by atoms with E-state index in [2.05, 4.69) is 4.99 Å². The summed E-state index contributed by atoms with van der Waals surface area (Å²) < 4.78 is 5.11. The number of ether oxygens (including phenoxy) is 1. The summed E-state index contributed by atoms with van der Waals surface area (Å²) in [5, 5.41) is 1.77. The molecule has 0 aromatic heterocycles. The molecule has 0 bridgehead atoms. The van der Waals surface area contributed by atoms with E-state index in [0.717, 1.165) is 0 Å². The molecule has 2 aromatic carbocycles. The molecule has 1 heterocycles. The highest BCUT2D eigenvalue weighted by Gasteiger charge is 2.21. The van der Waals surface area contributed by atoms with Crippen molar-refractivity contribution in [1.29, 1.82) is 0 Å². The molecular formula is C18H9Cl4NO2. The number of benzene rings is 2. The lowest BCUT2D eigenvalue weighted by Gasteiger charge is -1.99. The molecule has 0 amide bonds. The summed E-state index contributed by atoms with van der Waals surface area (Å²) in [4.78, 5) is 16.1. The Labute approximate surface area is 164 Å². The van der Waals surface area contributed by atoms with E-state index in [-0.39, 0.29) is 11.6 Å². The average molecular weight is 413 g/mol. The molecule has 0 saturated carbocycles. The van der Waals surface area contributed by atoms with Gasteiger partial charge in [-0.1, -0.05) is 64.6 Å². The lowest BCUT2D eigenvalue weighted by atomic mass is 10.2. The highest BCUT2D eigenvalue weighted by molar-refractivity contribution is 6.43. The first-order valence-electron chi connectivity index (χ1n) is 7.04. The first-order valence-corrected chi connectivity index (χ1v) is 8.55. The molecule has 0 saturated heterocycles. The van der Waals surface area contributed by atoms with Gasteiger partial charge < -0.3 is 4.74 Å². The molecule has 1 aliphatic rings. The molecule has 25 heavy (non-hydrogen) atoms. The maximum atomic E-state index is 11.9. The van der Waals surface area contributed by atoms with Gasteiger partial charge in [0.1, 0.15) is 0 Å². The van der Waals surface area contributed by atoms with Gasteiger partial charge in [0.25, 0.3) is 0 Å². The number of hydrogen-bond donors (Lipinski definition) is 0. The second-order valence-corrected chi connectivity index (χ2v) is 6.64. The van der Waals surface area contributed by atoms with Crippen molar-refractivity contribution >= 4 is 70.4 Å². The SMILES string of the molecule is O=C1OC(C=Cc2cccc(Cl)c2Cl)=NC1=Cc1ccc(Cl)cc1Cl. The molecule has 3 nitrogen and oxygen atoms in total. The number of esters is 1. The Morgan fingerprint density at radius 1 is 0.920 bits per heavy atom. The van der Waals surface area contributed by atoms with Gasteiger partial charge >= 0.3 is 5.97 Å². The lowest BCUT2D eigenvalue weighted by molar-refractivity contribution is -0.129. The first kappa shape index (κ1) is 18.0. The molecular weight excluding hydrogens is 404 g/mol. The van der Waals surface area contributed by atoms with Crippen LogP contribution < -0.4 is 0 Å². The summed E-state index contributed by atoms with van der Waals surface area (Å²) in [6.45, 7) is 0. The first-order chi connectivity index (χ1) is 11.9. The van der Waals surface area contributed by atoms with E-state index in [1.165, 1.54) is 6.08 Å². The van der Waals surface area contributed by atoms with Crippen LogP contribution in [0.4, 0.5) is 0 Å². The Balaban J connectivity index is 1.86. The zero-order valence-electron chi connectivity index (χ0n) is 12.5. The van der Waals surface area contributed by atoms with Crippen LogP contribution in [0.2, 0.25) is 20.1 Å². The molecule has 0 unspecified atom stereocenters. The normalized spacial score (nSPS) is 15.8. The fraction of sp³-hybridized carbons (Fsp3) is 0. The molecule has 0 spiro atoms. The quantitative estimate of drug-likeness (QED) is 0.437. The van der Waals surface area contributed by atoms with E-state index in [0.29, 0.717) is 31.2 Å². The predicted octanol–water partition coefficient (Wildman–Crippen LogP) is 6.31. The number of rotatable bonds is 3. The summed E-state index contributed by atoms with van der Waals surface area (Å²) in [6.07, 6.45) is 4.74. The minimum absolute atomic E-state index is 0.140. The van der Waals surface area contributed by atoms with E-state index >= 15 is 0 Å². The Morgan fingerprint density at radius 3 is 2.48 bits per heavy atom. The van der Waals surface area contributed by atoms with Gasteiger partial charge in [0.15, 0.2) is 5.70 Å². The van der Waals surface area contributed by atoms with Crippen LogP contribution in [-0.2, 0) is 9.53 Å². The number of hydrogen-bond acceptors (Lipinski definition) is 3. The summed E-state index contributed by atoms with van der Waals surface area (Å²) >= 11 is 24.0. The smallest absolute Gasteiger partial charge is 0.363 e. The molecule has 3 rings (SSSR count). The minimum Gasteiger partial charge on any atom is -0.403 e. The topological polar surface area (TPSA) is 38.7 Å². The number of carbonyl (C=O) groups excluding carboxylic acids is 1. The Hall–Kier alpha value is -1.78. The molecule has 0 atom stereocenters. The third-order valence-electron chi connectivity index (χ3n) is 3.28. The van der Waals surface area contributed by atoms with Crippen molar-refractivity contribution in [3.63, 3.8) is 0 Å². The van der Waals surface area contributed by atoms with Crippen LogP contribution >= 0.6 is 46.4 Å². The van der Waals surface area contributed by atoms with Crippen molar-refractivity contribution in [1.82, 2.24) is 0 Å². The van der Waals surface area contributed by atoms with E-state index in [1.807, 2.05) is 0 Å². The van der Waals surface area contributed by atoms with Gasteiger partial charge in [0, 0.05) is 16.1 Å². The van der Waals surface area contributed by atoms with Crippen LogP contribution in [0.3, 0.4) is 0 Å². The third-order valence-corrected chi connectivity index (χ3v) is 4.67. The van der Waals surface area contributed by atoms with Crippen molar-refractivity contribution in [3.8, 4) is 0 Å². The van der Waals surface area contributed by atoms with E-state index in [9.17, 15) is 4.79 Å². The fourth-order valence-electron chi connectivity index (χ4n) is 2.07. The van der Waals surface area contributed by atoms with E-state index in [4.69, 9.17) is 51.1 Å². The zero-order chi connectivity index (χ0) is 18.0. The van der Waals surface area contributed by atoms with Crippen LogP contribution in [0.25, 0.3) is 12.2 Å². The molecule has 7 heteroatoms. The Morgan fingerprint density at radius 2 is 1.72 bits per heavy atom. The molecule has 0 N–H and O–H groups in total. The number of halogens is 4. The maximum absolute atomic E-state index is 11.9. The summed E-state index contributed by atoms with van der Waals surface area (Å²) in [5.74, 6) is -0.416. The van der Waals surface area contributed by atoms with Gasteiger partial charge in [0.2, 0.25) is 5.90 Å². The van der Waals surface area contributed by atoms with Gasteiger partial charge in [-0.25, -0.2) is 9.79 Å². The third kappa shape index (κ3) is 4.25. The highest BCUT2D eigenvalue weighted by atomic mass is 35.5. The van der Waals surface area contributed by atoms with Gasteiger partial charge in [-0.15, -0.1) is 0 Å². The van der Waals surface area contributed by atoms with Crippen LogP contribution in [0.5, 0.6) is 0 Å². The van der Waals surface area contributed by atoms with Crippen molar-refractivity contribution < 1.29 is 9.53 Å². The number of carbonyl (C=O) groups is 1. The molecule has 126 valence electrons. The number of cyclic esters (lactones) is 1. The van der Waals surface area contributed by atoms with Gasteiger partial charge in [-0.2, -0.15) is 0 Å². The molecule has 1 aliphatic heterocycles. The van der Waals surface area contributed by atoms with Crippen LogP contribution in [0.15, 0.2) is 53.2 Å². The fourth-order valence-corrected chi connectivity index (χ4v) is 2.91.